The fourth-order valence-corrected chi connectivity index (χ4v) is 1.85. The van der Waals surface area contributed by atoms with Crippen LogP contribution in [0.5, 0.6) is 5.75 Å². The van der Waals surface area contributed by atoms with Gasteiger partial charge in [0, 0.05) is 7.11 Å². The van der Waals surface area contributed by atoms with Gasteiger partial charge in [0.05, 0.1) is 24.8 Å². The van der Waals surface area contributed by atoms with Gasteiger partial charge in [0.15, 0.2) is 0 Å². The van der Waals surface area contributed by atoms with Gasteiger partial charge >= 0.3 is 0 Å². The third-order valence-electron chi connectivity index (χ3n) is 2.55. The summed E-state index contributed by atoms with van der Waals surface area (Å²) in [4.78, 5) is 0. The predicted octanol–water partition coefficient (Wildman–Crippen LogP) is 3.04. The number of nitrogens with one attached hydrogen (secondary N) is 1. The zero-order valence-electron chi connectivity index (χ0n) is 10.6. The minimum atomic E-state index is 0.172. The van der Waals surface area contributed by atoms with Crippen molar-refractivity contribution in [1.29, 1.82) is 0 Å². The van der Waals surface area contributed by atoms with E-state index in [1.54, 1.807) is 14.2 Å². The third kappa shape index (κ3) is 4.19. The average Bonchev–Trinajstić information content (AvgIpc) is 2.35. The summed E-state index contributed by atoms with van der Waals surface area (Å²) in [6.45, 7) is 3.73. The second kappa shape index (κ2) is 7.54. The molecule has 3 nitrogen and oxygen atoms in total. The van der Waals surface area contributed by atoms with E-state index < -0.39 is 0 Å². The van der Waals surface area contributed by atoms with Crippen molar-refractivity contribution in [2.24, 2.45) is 0 Å². The maximum Gasteiger partial charge on any atom is 0.137 e. The van der Waals surface area contributed by atoms with Gasteiger partial charge in [-0.1, -0.05) is 24.6 Å². The summed E-state index contributed by atoms with van der Waals surface area (Å²) in [5.74, 6) is 0.698. The molecule has 4 heteroatoms. The summed E-state index contributed by atoms with van der Waals surface area (Å²) >= 11 is 6.01. The van der Waals surface area contributed by atoms with Gasteiger partial charge in [-0.25, -0.2) is 0 Å². The number of ether oxygens (including phenoxy) is 2. The minimum absolute atomic E-state index is 0.172. The maximum atomic E-state index is 6.01. The van der Waals surface area contributed by atoms with Gasteiger partial charge < -0.3 is 14.8 Å². The first kappa shape index (κ1) is 14.3. The van der Waals surface area contributed by atoms with Crippen LogP contribution >= 0.6 is 11.6 Å². The largest absolute Gasteiger partial charge is 0.495 e. The van der Waals surface area contributed by atoms with E-state index in [2.05, 4.69) is 12.2 Å². The number of rotatable bonds is 7. The Morgan fingerprint density at radius 1 is 1.35 bits per heavy atom. The Kier molecular flexibility index (Phi) is 6.34. The van der Waals surface area contributed by atoms with Crippen molar-refractivity contribution in [2.75, 3.05) is 27.4 Å². The lowest BCUT2D eigenvalue weighted by Gasteiger charge is -2.19. The number of methoxy groups -OCH3 is 2. The van der Waals surface area contributed by atoms with Crippen molar-refractivity contribution in [3.63, 3.8) is 0 Å². The summed E-state index contributed by atoms with van der Waals surface area (Å²) in [5, 5.41) is 4.06. The molecule has 0 heterocycles. The van der Waals surface area contributed by atoms with Crippen LogP contribution in [0.15, 0.2) is 18.2 Å². The maximum absolute atomic E-state index is 6.01. The molecular weight excluding hydrogens is 238 g/mol. The van der Waals surface area contributed by atoms with Crippen LogP contribution in [0.3, 0.4) is 0 Å². The van der Waals surface area contributed by atoms with Crippen molar-refractivity contribution < 1.29 is 9.47 Å². The average molecular weight is 258 g/mol. The van der Waals surface area contributed by atoms with Crippen LogP contribution in [0, 0.1) is 0 Å². The standard InChI is InChI=1S/C13H20ClNO2/c1-4-7-15-12(9-16-2)10-5-6-11(14)13(8-10)17-3/h5-6,8,12,15H,4,7,9H2,1-3H3. The Labute approximate surface area is 108 Å². The molecule has 0 aromatic heterocycles. The Bertz CT molecular complexity index is 344. The molecule has 0 saturated heterocycles. The Balaban J connectivity index is 2.85. The molecule has 0 amide bonds. The van der Waals surface area contributed by atoms with Crippen molar-refractivity contribution in [3.05, 3.63) is 28.8 Å². The van der Waals surface area contributed by atoms with Gasteiger partial charge in [0.2, 0.25) is 0 Å². The van der Waals surface area contributed by atoms with E-state index in [1.165, 1.54) is 0 Å². The molecule has 0 spiro atoms. The molecule has 0 aliphatic rings. The van der Waals surface area contributed by atoms with E-state index in [9.17, 15) is 0 Å². The first-order valence-electron chi connectivity index (χ1n) is 5.78. The molecule has 17 heavy (non-hydrogen) atoms. The highest BCUT2D eigenvalue weighted by Gasteiger charge is 2.12. The molecule has 1 atom stereocenters. The minimum Gasteiger partial charge on any atom is -0.495 e. The van der Waals surface area contributed by atoms with Crippen LogP contribution in [0.1, 0.15) is 24.9 Å². The molecule has 0 radical (unpaired) electrons. The molecule has 0 saturated carbocycles. The molecule has 0 aliphatic heterocycles. The number of benzene rings is 1. The molecule has 1 N–H and O–H groups in total. The topological polar surface area (TPSA) is 30.5 Å². The molecule has 1 aromatic carbocycles. The molecule has 1 aromatic rings. The summed E-state index contributed by atoms with van der Waals surface area (Å²) < 4.78 is 10.4. The van der Waals surface area contributed by atoms with E-state index >= 15 is 0 Å². The van der Waals surface area contributed by atoms with Crippen molar-refractivity contribution in [2.45, 2.75) is 19.4 Å². The zero-order valence-corrected chi connectivity index (χ0v) is 11.4. The highest BCUT2D eigenvalue weighted by Crippen LogP contribution is 2.27. The van der Waals surface area contributed by atoms with Crippen LogP contribution in [-0.2, 0) is 4.74 Å². The molecule has 1 unspecified atom stereocenters. The van der Waals surface area contributed by atoms with Crippen LogP contribution in [0.25, 0.3) is 0 Å². The SMILES string of the molecule is CCCNC(COC)c1ccc(Cl)c(OC)c1. The summed E-state index contributed by atoms with van der Waals surface area (Å²) in [6.07, 6.45) is 1.09. The van der Waals surface area contributed by atoms with Crippen molar-refractivity contribution in [3.8, 4) is 5.75 Å². The van der Waals surface area contributed by atoms with Gasteiger partial charge in [-0.2, -0.15) is 0 Å². The van der Waals surface area contributed by atoms with Gasteiger partial charge in [-0.3, -0.25) is 0 Å². The monoisotopic (exact) mass is 257 g/mol. The third-order valence-corrected chi connectivity index (χ3v) is 2.86. The molecular formula is C13H20ClNO2. The smallest absolute Gasteiger partial charge is 0.137 e. The number of hydrogen-bond acceptors (Lipinski definition) is 3. The van der Waals surface area contributed by atoms with Crippen LogP contribution < -0.4 is 10.1 Å². The lowest BCUT2D eigenvalue weighted by atomic mass is 10.1. The Morgan fingerprint density at radius 2 is 2.12 bits per heavy atom. The lowest BCUT2D eigenvalue weighted by Crippen LogP contribution is -2.25. The van der Waals surface area contributed by atoms with Crippen LogP contribution in [0.4, 0.5) is 0 Å². The van der Waals surface area contributed by atoms with Crippen LogP contribution in [-0.4, -0.2) is 27.4 Å². The molecule has 0 aliphatic carbocycles. The lowest BCUT2D eigenvalue weighted by molar-refractivity contribution is 0.167. The number of hydrogen-bond donors (Lipinski definition) is 1. The van der Waals surface area contributed by atoms with Crippen LogP contribution in [0.2, 0.25) is 5.02 Å². The highest BCUT2D eigenvalue weighted by atomic mass is 35.5. The van der Waals surface area contributed by atoms with E-state index in [0.29, 0.717) is 17.4 Å². The second-order valence-electron chi connectivity index (χ2n) is 3.86. The second-order valence-corrected chi connectivity index (χ2v) is 4.26. The zero-order chi connectivity index (χ0) is 12.7. The predicted molar refractivity (Wildman–Crippen MR) is 70.9 cm³/mol. The highest BCUT2D eigenvalue weighted by molar-refractivity contribution is 6.32. The van der Waals surface area contributed by atoms with E-state index in [4.69, 9.17) is 21.1 Å². The summed E-state index contributed by atoms with van der Waals surface area (Å²) in [5.41, 5.74) is 1.13. The molecule has 0 fully saturated rings. The van der Waals surface area contributed by atoms with E-state index in [1.807, 2.05) is 18.2 Å². The fraction of sp³-hybridized carbons (Fsp3) is 0.538. The Morgan fingerprint density at radius 3 is 2.71 bits per heavy atom. The number of halogens is 1. The summed E-state index contributed by atoms with van der Waals surface area (Å²) in [7, 11) is 3.32. The van der Waals surface area contributed by atoms with Gasteiger partial charge in [-0.05, 0) is 30.7 Å². The van der Waals surface area contributed by atoms with Crippen molar-refractivity contribution in [1.82, 2.24) is 5.32 Å². The summed E-state index contributed by atoms with van der Waals surface area (Å²) in [6, 6.07) is 5.98. The van der Waals surface area contributed by atoms with Gasteiger partial charge in [0.1, 0.15) is 5.75 Å². The normalized spacial score (nSPS) is 12.5. The van der Waals surface area contributed by atoms with Gasteiger partial charge in [0.25, 0.3) is 0 Å². The van der Waals surface area contributed by atoms with Gasteiger partial charge in [-0.15, -0.1) is 0 Å². The van der Waals surface area contributed by atoms with E-state index in [-0.39, 0.29) is 6.04 Å². The first-order valence-corrected chi connectivity index (χ1v) is 6.16. The van der Waals surface area contributed by atoms with E-state index in [0.717, 1.165) is 18.5 Å². The Hall–Kier alpha value is -0.770. The molecule has 0 bridgehead atoms. The molecule has 96 valence electrons. The molecule has 1 rings (SSSR count). The fourth-order valence-electron chi connectivity index (χ4n) is 1.65. The van der Waals surface area contributed by atoms with Crippen molar-refractivity contribution >= 4 is 11.6 Å². The first-order chi connectivity index (χ1) is 8.22. The quantitative estimate of drug-likeness (QED) is 0.815.